The molecule has 1 heterocycles. The number of hydrogen-bond donors (Lipinski definition) is 2. The van der Waals surface area contributed by atoms with E-state index in [4.69, 9.17) is 0 Å². The number of hydrogen-bond acceptors (Lipinski definition) is 3. The minimum atomic E-state index is -1.16. The average Bonchev–Trinajstić information content (AvgIpc) is 2.55. The summed E-state index contributed by atoms with van der Waals surface area (Å²) in [6, 6.07) is 7.26. The van der Waals surface area contributed by atoms with Crippen LogP contribution in [0.2, 0.25) is 0 Å². The summed E-state index contributed by atoms with van der Waals surface area (Å²) in [5, 5.41) is 14.3. The second kappa shape index (κ2) is 4.16. The van der Waals surface area contributed by atoms with Crippen LogP contribution >= 0.6 is 0 Å². The second-order valence-electron chi connectivity index (χ2n) is 3.39. The third-order valence-electron chi connectivity index (χ3n) is 2.28. The Morgan fingerprint density at radius 2 is 2.19 bits per heavy atom. The van der Waals surface area contributed by atoms with Crippen LogP contribution in [0, 0.1) is 0 Å². The molecular formula is C11H10N2O3. The quantitative estimate of drug-likeness (QED) is 0.592. The molecule has 1 aromatic rings. The number of nitrogens with one attached hydrogen (secondary N) is 1. The maximum absolute atomic E-state index is 11.5. The third kappa shape index (κ3) is 1.94. The van der Waals surface area contributed by atoms with Gasteiger partial charge in [-0.3, -0.25) is 4.79 Å². The van der Waals surface area contributed by atoms with Crippen molar-refractivity contribution < 1.29 is 20.0 Å². The first-order valence-electron chi connectivity index (χ1n) is 4.82. The number of anilines is 1. The number of carbonyl (C=O) groups is 2. The van der Waals surface area contributed by atoms with Crippen molar-refractivity contribution >= 4 is 23.1 Å². The fraction of sp³-hybridized carbons (Fsp3) is 0.0909. The van der Waals surface area contributed by atoms with Crippen LogP contribution in [0.1, 0.15) is 5.56 Å². The Bertz CT molecular complexity index is 480. The number of benzene rings is 1. The van der Waals surface area contributed by atoms with Gasteiger partial charge in [-0.15, -0.1) is 0 Å². The molecule has 3 N–H and O–H groups in total. The molecule has 1 aromatic carbocycles. The van der Waals surface area contributed by atoms with Crippen molar-refractivity contribution in [3.8, 4) is 0 Å². The lowest BCUT2D eigenvalue weighted by Crippen LogP contribution is -2.81. The van der Waals surface area contributed by atoms with Crippen molar-refractivity contribution in [2.45, 2.75) is 0 Å². The van der Waals surface area contributed by atoms with Gasteiger partial charge in [0.2, 0.25) is 0 Å². The normalized spacial score (nSPS) is 16.0. The molecule has 1 aliphatic rings. The van der Waals surface area contributed by atoms with Crippen molar-refractivity contribution in [2.75, 3.05) is 11.9 Å². The minimum Gasteiger partial charge on any atom is -0.544 e. The van der Waals surface area contributed by atoms with Crippen LogP contribution in [0.25, 0.3) is 5.57 Å². The number of carboxylic acid groups (broad SMARTS) is 1. The molecule has 1 amide bonds. The highest BCUT2D eigenvalue weighted by atomic mass is 16.4. The Kier molecular flexibility index (Phi) is 2.70. The Morgan fingerprint density at radius 3 is 2.94 bits per heavy atom. The Labute approximate surface area is 91.8 Å². The van der Waals surface area contributed by atoms with E-state index in [2.05, 4.69) is 5.32 Å². The topological polar surface area (TPSA) is 85.8 Å². The first-order chi connectivity index (χ1) is 7.68. The molecule has 0 saturated carbocycles. The lowest BCUT2D eigenvalue weighted by molar-refractivity contribution is -0.584. The summed E-state index contributed by atoms with van der Waals surface area (Å²) in [5.41, 5.74) is 2.03. The summed E-state index contributed by atoms with van der Waals surface area (Å²) in [5.74, 6) is -1.38. The highest BCUT2D eigenvalue weighted by Gasteiger charge is 2.24. The van der Waals surface area contributed by atoms with Gasteiger partial charge in [-0.25, -0.2) is 0 Å². The predicted molar refractivity (Wildman–Crippen MR) is 54.8 cm³/mol. The van der Waals surface area contributed by atoms with Gasteiger partial charge in [-0.2, -0.15) is 0 Å². The molecule has 5 nitrogen and oxygen atoms in total. The van der Waals surface area contributed by atoms with Gasteiger partial charge in [0.05, 0.1) is 5.97 Å². The monoisotopic (exact) mass is 218 g/mol. The number of fused-ring (bicyclic) bond motifs is 1. The first kappa shape index (κ1) is 10.4. The zero-order valence-electron chi connectivity index (χ0n) is 8.40. The Morgan fingerprint density at radius 1 is 1.44 bits per heavy atom. The van der Waals surface area contributed by atoms with E-state index in [1.165, 1.54) is 11.5 Å². The Hall–Kier alpha value is -2.14. The van der Waals surface area contributed by atoms with Crippen molar-refractivity contribution in [1.29, 1.82) is 0 Å². The van der Waals surface area contributed by atoms with Crippen LogP contribution in [-0.4, -0.2) is 18.4 Å². The fourth-order valence-electron chi connectivity index (χ4n) is 1.58. The molecule has 0 aliphatic carbocycles. The van der Waals surface area contributed by atoms with Gasteiger partial charge in [0.25, 0.3) is 5.91 Å². The molecule has 5 heteroatoms. The van der Waals surface area contributed by atoms with E-state index in [1.54, 1.807) is 6.07 Å². The van der Waals surface area contributed by atoms with Crippen molar-refractivity contribution in [3.05, 3.63) is 36.0 Å². The Balaban J connectivity index is 2.22. The maximum Gasteiger partial charge on any atom is 0.261 e. The van der Waals surface area contributed by atoms with Crippen LogP contribution in [0.15, 0.2) is 30.5 Å². The average molecular weight is 218 g/mol. The smallest absolute Gasteiger partial charge is 0.261 e. The molecule has 0 fully saturated rings. The molecule has 1 aliphatic heterocycles. The SMILES string of the molecule is O=C([O-])C[NH2+]/C=C1/C(=O)Nc2ccccc21. The summed E-state index contributed by atoms with van der Waals surface area (Å²) in [4.78, 5) is 21.8. The molecule has 82 valence electrons. The number of carboxylic acids is 1. The van der Waals surface area contributed by atoms with Gasteiger partial charge < -0.3 is 20.5 Å². The largest absolute Gasteiger partial charge is 0.544 e. The van der Waals surface area contributed by atoms with Crippen molar-refractivity contribution in [2.24, 2.45) is 0 Å². The lowest BCUT2D eigenvalue weighted by Gasteiger charge is -1.98. The van der Waals surface area contributed by atoms with Gasteiger partial charge in [-0.05, 0) is 6.07 Å². The third-order valence-corrected chi connectivity index (χ3v) is 2.28. The maximum atomic E-state index is 11.5. The van der Waals surface area contributed by atoms with E-state index in [0.717, 1.165) is 11.3 Å². The first-order valence-corrected chi connectivity index (χ1v) is 4.82. The number of nitrogens with two attached hydrogens (primary N) is 1. The van der Waals surface area contributed by atoms with Crippen LogP contribution in [-0.2, 0) is 9.59 Å². The van der Waals surface area contributed by atoms with Crippen LogP contribution in [0.5, 0.6) is 0 Å². The number of rotatable bonds is 3. The van der Waals surface area contributed by atoms with E-state index < -0.39 is 5.97 Å². The zero-order chi connectivity index (χ0) is 11.5. The lowest BCUT2D eigenvalue weighted by atomic mass is 10.1. The van der Waals surface area contributed by atoms with E-state index in [-0.39, 0.29) is 12.5 Å². The summed E-state index contributed by atoms with van der Waals surface area (Å²) >= 11 is 0. The molecule has 0 radical (unpaired) electrons. The second-order valence-corrected chi connectivity index (χ2v) is 3.39. The molecular weight excluding hydrogens is 208 g/mol. The van der Waals surface area contributed by atoms with Crippen molar-refractivity contribution in [1.82, 2.24) is 0 Å². The van der Waals surface area contributed by atoms with Crippen LogP contribution < -0.4 is 15.7 Å². The zero-order valence-corrected chi connectivity index (χ0v) is 8.40. The van der Waals surface area contributed by atoms with Gasteiger partial charge >= 0.3 is 0 Å². The molecule has 0 atom stereocenters. The minimum absolute atomic E-state index is 0.195. The standard InChI is InChI=1S/C11H10N2O3/c14-10(15)6-12-5-8-7-3-1-2-4-9(7)13-11(8)16/h1-5,12H,6H2,(H,13,16)(H,14,15)/b8-5+. The van der Waals surface area contributed by atoms with Gasteiger partial charge in [-0.1, -0.05) is 18.2 Å². The van der Waals surface area contributed by atoms with E-state index in [1.807, 2.05) is 18.2 Å². The van der Waals surface area contributed by atoms with Gasteiger partial charge in [0.15, 0.2) is 0 Å². The summed E-state index contributed by atoms with van der Waals surface area (Å²) in [6.07, 6.45) is 1.51. The molecule has 0 unspecified atom stereocenters. The van der Waals surface area contributed by atoms with Crippen LogP contribution in [0.4, 0.5) is 5.69 Å². The number of quaternary nitrogens is 1. The molecule has 0 bridgehead atoms. The van der Waals surface area contributed by atoms with Gasteiger partial charge in [0.1, 0.15) is 18.3 Å². The highest BCUT2D eigenvalue weighted by molar-refractivity contribution is 6.31. The van der Waals surface area contributed by atoms with Gasteiger partial charge in [0, 0.05) is 11.3 Å². The molecule has 0 spiro atoms. The number of para-hydroxylation sites is 1. The predicted octanol–water partition coefficient (Wildman–Crippen LogP) is -1.71. The molecule has 2 rings (SSSR count). The number of aliphatic carboxylic acids is 1. The number of carbonyl (C=O) groups excluding carboxylic acids is 2. The molecule has 0 aromatic heterocycles. The van der Waals surface area contributed by atoms with E-state index in [9.17, 15) is 14.7 Å². The number of amides is 1. The molecule has 0 saturated heterocycles. The molecule has 16 heavy (non-hydrogen) atoms. The van der Waals surface area contributed by atoms with E-state index in [0.29, 0.717) is 5.57 Å². The van der Waals surface area contributed by atoms with E-state index >= 15 is 0 Å². The van der Waals surface area contributed by atoms with Crippen LogP contribution in [0.3, 0.4) is 0 Å². The summed E-state index contributed by atoms with van der Waals surface area (Å²) in [6.45, 7) is -0.195. The van der Waals surface area contributed by atoms with Crippen molar-refractivity contribution in [3.63, 3.8) is 0 Å². The highest BCUT2D eigenvalue weighted by Crippen LogP contribution is 2.29. The summed E-state index contributed by atoms with van der Waals surface area (Å²) in [7, 11) is 0. The fourth-order valence-corrected chi connectivity index (χ4v) is 1.58. The summed E-state index contributed by atoms with van der Waals surface area (Å²) < 4.78 is 0.